The molecule has 0 aromatic heterocycles. The number of hydrogen-bond donors (Lipinski definition) is 2. The van der Waals surface area contributed by atoms with Crippen LogP contribution in [-0.4, -0.2) is 71.7 Å². The number of carboxylic acids is 1. The zero-order chi connectivity index (χ0) is 14.8. The Labute approximate surface area is 122 Å². The molecular weight excluding hydrogens is 254 g/mol. The van der Waals surface area contributed by atoms with Crippen LogP contribution in [0.4, 0.5) is 0 Å². The first-order chi connectivity index (χ1) is 9.46. The van der Waals surface area contributed by atoms with Gasteiger partial charge in [-0.05, 0) is 66.2 Å². The first-order valence-corrected chi connectivity index (χ1v) is 7.86. The smallest absolute Gasteiger partial charge is 0.323 e. The van der Waals surface area contributed by atoms with Crippen LogP contribution in [0, 0.1) is 0 Å². The van der Waals surface area contributed by atoms with Crippen molar-refractivity contribution in [3.05, 3.63) is 0 Å². The average molecular weight is 283 g/mol. The number of rotatable bonds is 5. The minimum absolute atomic E-state index is 0.295. The van der Waals surface area contributed by atoms with E-state index in [-0.39, 0.29) is 0 Å². The minimum Gasteiger partial charge on any atom is -0.480 e. The Bertz CT molecular complexity index is 350. The molecule has 20 heavy (non-hydrogen) atoms. The highest BCUT2D eigenvalue weighted by Crippen LogP contribution is 2.24. The lowest BCUT2D eigenvalue weighted by atomic mass is 9.93. The molecule has 0 radical (unpaired) electrons. The summed E-state index contributed by atoms with van der Waals surface area (Å²) in [5.74, 6) is -0.760. The summed E-state index contributed by atoms with van der Waals surface area (Å²) in [4.78, 5) is 16.5. The van der Waals surface area contributed by atoms with E-state index in [1.807, 2.05) is 0 Å². The molecule has 0 aromatic carbocycles. The molecule has 3 unspecified atom stereocenters. The summed E-state index contributed by atoms with van der Waals surface area (Å²) >= 11 is 0. The standard InChI is InChI=1S/C15H29N3O2/c1-12(10-15(2,16-3)14(19)20)18-9-5-8-17-7-4-6-13(17)11-18/h12-13,16H,4-11H2,1-3H3,(H,19,20). The fraction of sp³-hybridized carbons (Fsp3) is 0.933. The van der Waals surface area contributed by atoms with Crippen molar-refractivity contribution < 1.29 is 9.90 Å². The van der Waals surface area contributed by atoms with Gasteiger partial charge in [-0.3, -0.25) is 14.6 Å². The molecule has 2 aliphatic heterocycles. The summed E-state index contributed by atoms with van der Waals surface area (Å²) < 4.78 is 0. The van der Waals surface area contributed by atoms with Gasteiger partial charge >= 0.3 is 5.97 Å². The number of likely N-dealkylation sites (N-methyl/N-ethyl adjacent to an activating group) is 1. The molecule has 2 rings (SSSR count). The fourth-order valence-corrected chi connectivity index (χ4v) is 3.65. The van der Waals surface area contributed by atoms with E-state index in [4.69, 9.17) is 0 Å². The number of aliphatic carboxylic acids is 1. The Morgan fingerprint density at radius 2 is 2.10 bits per heavy atom. The van der Waals surface area contributed by atoms with Gasteiger partial charge in [0.05, 0.1) is 0 Å². The number of nitrogens with zero attached hydrogens (tertiary/aromatic N) is 2. The maximum Gasteiger partial charge on any atom is 0.323 e. The fourth-order valence-electron chi connectivity index (χ4n) is 3.65. The minimum atomic E-state index is -0.832. The van der Waals surface area contributed by atoms with Crippen LogP contribution in [0.25, 0.3) is 0 Å². The van der Waals surface area contributed by atoms with Crippen LogP contribution in [0.1, 0.15) is 39.5 Å². The van der Waals surface area contributed by atoms with Crippen molar-refractivity contribution >= 4 is 5.97 Å². The monoisotopic (exact) mass is 283 g/mol. The van der Waals surface area contributed by atoms with E-state index in [0.29, 0.717) is 18.5 Å². The van der Waals surface area contributed by atoms with Gasteiger partial charge in [0.15, 0.2) is 0 Å². The van der Waals surface area contributed by atoms with Gasteiger partial charge in [0, 0.05) is 18.6 Å². The molecule has 5 nitrogen and oxygen atoms in total. The third-order valence-corrected chi connectivity index (χ3v) is 5.19. The van der Waals surface area contributed by atoms with Crippen molar-refractivity contribution in [3.63, 3.8) is 0 Å². The Morgan fingerprint density at radius 3 is 2.75 bits per heavy atom. The zero-order valence-corrected chi connectivity index (χ0v) is 13.1. The highest BCUT2D eigenvalue weighted by molar-refractivity contribution is 5.78. The van der Waals surface area contributed by atoms with Crippen LogP contribution in [0.5, 0.6) is 0 Å². The second-order valence-corrected chi connectivity index (χ2v) is 6.62. The topological polar surface area (TPSA) is 55.8 Å². The first kappa shape index (κ1) is 15.7. The van der Waals surface area contributed by atoms with Crippen LogP contribution in [0.3, 0.4) is 0 Å². The molecule has 0 spiro atoms. The van der Waals surface area contributed by atoms with E-state index in [2.05, 4.69) is 22.0 Å². The second kappa shape index (κ2) is 6.41. The van der Waals surface area contributed by atoms with E-state index in [1.165, 1.54) is 32.4 Å². The summed E-state index contributed by atoms with van der Waals surface area (Å²) in [5, 5.41) is 12.4. The van der Waals surface area contributed by atoms with E-state index in [1.54, 1.807) is 14.0 Å². The number of carboxylic acid groups (broad SMARTS) is 1. The molecule has 0 aromatic rings. The van der Waals surface area contributed by atoms with Crippen molar-refractivity contribution in [2.75, 3.05) is 33.2 Å². The van der Waals surface area contributed by atoms with Crippen LogP contribution in [0.15, 0.2) is 0 Å². The molecule has 2 fully saturated rings. The summed E-state index contributed by atoms with van der Waals surface area (Å²) in [6.45, 7) is 8.59. The number of carbonyl (C=O) groups is 1. The largest absolute Gasteiger partial charge is 0.480 e. The molecular formula is C15H29N3O2. The van der Waals surface area contributed by atoms with Crippen molar-refractivity contribution in [2.45, 2.75) is 57.2 Å². The van der Waals surface area contributed by atoms with Gasteiger partial charge in [-0.1, -0.05) is 0 Å². The molecule has 3 atom stereocenters. The van der Waals surface area contributed by atoms with Crippen molar-refractivity contribution in [3.8, 4) is 0 Å². The van der Waals surface area contributed by atoms with E-state index in [9.17, 15) is 9.90 Å². The molecule has 2 saturated heterocycles. The van der Waals surface area contributed by atoms with Crippen LogP contribution in [0.2, 0.25) is 0 Å². The average Bonchev–Trinajstić information content (AvgIpc) is 2.75. The van der Waals surface area contributed by atoms with Gasteiger partial charge in [0.1, 0.15) is 5.54 Å². The quantitative estimate of drug-likeness (QED) is 0.788. The Hall–Kier alpha value is -0.650. The highest BCUT2D eigenvalue weighted by atomic mass is 16.4. The summed E-state index contributed by atoms with van der Waals surface area (Å²) in [6.07, 6.45) is 4.46. The molecule has 0 aliphatic carbocycles. The van der Waals surface area contributed by atoms with Crippen molar-refractivity contribution in [2.24, 2.45) is 0 Å². The van der Waals surface area contributed by atoms with Crippen LogP contribution in [-0.2, 0) is 4.79 Å². The normalized spacial score (nSPS) is 29.4. The molecule has 2 N–H and O–H groups in total. The molecule has 116 valence electrons. The summed E-state index contributed by atoms with van der Waals surface area (Å²) in [5.41, 5.74) is -0.832. The number of nitrogens with one attached hydrogen (secondary N) is 1. The van der Waals surface area contributed by atoms with E-state index >= 15 is 0 Å². The molecule has 5 heteroatoms. The SMILES string of the molecule is CNC(C)(CC(C)N1CCCN2CCCC2C1)C(=O)O. The van der Waals surface area contributed by atoms with Gasteiger partial charge in [-0.15, -0.1) is 0 Å². The van der Waals surface area contributed by atoms with Gasteiger partial charge in [-0.2, -0.15) is 0 Å². The third-order valence-electron chi connectivity index (χ3n) is 5.19. The number of hydrogen-bond acceptors (Lipinski definition) is 4. The Balaban J connectivity index is 1.97. The van der Waals surface area contributed by atoms with E-state index < -0.39 is 11.5 Å². The predicted octanol–water partition coefficient (Wildman–Crippen LogP) is 0.998. The molecule has 0 saturated carbocycles. The molecule has 2 aliphatic rings. The lowest BCUT2D eigenvalue weighted by Crippen LogP contribution is -2.52. The summed E-state index contributed by atoms with van der Waals surface area (Å²) in [7, 11) is 1.74. The Kier molecular flexibility index (Phi) is 5.04. The molecule has 2 heterocycles. The lowest BCUT2D eigenvalue weighted by Gasteiger charge is -2.35. The highest BCUT2D eigenvalue weighted by Gasteiger charge is 2.36. The zero-order valence-electron chi connectivity index (χ0n) is 13.1. The van der Waals surface area contributed by atoms with Crippen molar-refractivity contribution in [1.82, 2.24) is 15.1 Å². The van der Waals surface area contributed by atoms with Crippen LogP contribution < -0.4 is 5.32 Å². The second-order valence-electron chi connectivity index (χ2n) is 6.62. The summed E-state index contributed by atoms with van der Waals surface area (Å²) in [6, 6.07) is 0.981. The lowest BCUT2D eigenvalue weighted by molar-refractivity contribution is -0.144. The predicted molar refractivity (Wildman–Crippen MR) is 80.0 cm³/mol. The third kappa shape index (κ3) is 3.32. The van der Waals surface area contributed by atoms with Crippen molar-refractivity contribution in [1.29, 1.82) is 0 Å². The van der Waals surface area contributed by atoms with Gasteiger partial charge in [0.25, 0.3) is 0 Å². The van der Waals surface area contributed by atoms with Crippen LogP contribution >= 0.6 is 0 Å². The molecule has 0 amide bonds. The first-order valence-electron chi connectivity index (χ1n) is 7.86. The van der Waals surface area contributed by atoms with Gasteiger partial charge < -0.3 is 10.4 Å². The Morgan fingerprint density at radius 1 is 1.40 bits per heavy atom. The maximum atomic E-state index is 11.4. The van der Waals surface area contributed by atoms with Gasteiger partial charge in [0.2, 0.25) is 0 Å². The van der Waals surface area contributed by atoms with Gasteiger partial charge in [-0.25, -0.2) is 0 Å². The number of fused-ring (bicyclic) bond motifs is 1. The maximum absolute atomic E-state index is 11.4. The molecule has 0 bridgehead atoms. The van der Waals surface area contributed by atoms with E-state index in [0.717, 1.165) is 13.1 Å².